The zero-order valence-corrected chi connectivity index (χ0v) is 13.0. The van der Waals surface area contributed by atoms with Crippen LogP contribution >= 0.6 is 11.8 Å². The van der Waals surface area contributed by atoms with E-state index in [-0.39, 0.29) is 18.4 Å². The number of aliphatic hydroxyl groups is 1. The summed E-state index contributed by atoms with van der Waals surface area (Å²) in [6, 6.07) is 5.27. The summed E-state index contributed by atoms with van der Waals surface area (Å²) in [5, 5.41) is 15.2. The average Bonchev–Trinajstić information content (AvgIpc) is 2.51. The molecular formula is C15H20N2O3S. The highest BCUT2D eigenvalue weighted by Gasteiger charge is 2.28. The summed E-state index contributed by atoms with van der Waals surface area (Å²) < 4.78 is 0. The summed E-state index contributed by atoms with van der Waals surface area (Å²) in [4.78, 5) is 24.7. The molecule has 0 spiro atoms. The van der Waals surface area contributed by atoms with Gasteiger partial charge in [0.05, 0.1) is 23.6 Å². The van der Waals surface area contributed by atoms with E-state index in [4.69, 9.17) is 0 Å². The van der Waals surface area contributed by atoms with Crippen molar-refractivity contribution in [2.45, 2.75) is 37.1 Å². The van der Waals surface area contributed by atoms with Crippen LogP contribution in [-0.4, -0.2) is 34.8 Å². The lowest BCUT2D eigenvalue weighted by atomic mass is 9.93. The zero-order valence-electron chi connectivity index (χ0n) is 12.2. The fourth-order valence-electron chi connectivity index (χ4n) is 2.23. The lowest BCUT2D eigenvalue weighted by molar-refractivity contribution is -0.113. The SMILES string of the molecule is CCC(CC)(CO)NC(=O)c1ccc2c(c1)NC(=O)CS2. The Balaban J connectivity index is 2.20. The van der Waals surface area contributed by atoms with E-state index in [1.807, 2.05) is 19.9 Å². The van der Waals surface area contributed by atoms with Crippen molar-refractivity contribution in [3.8, 4) is 0 Å². The molecule has 0 unspecified atom stereocenters. The fourth-order valence-corrected chi connectivity index (χ4v) is 3.02. The van der Waals surface area contributed by atoms with Crippen LogP contribution in [0, 0.1) is 0 Å². The topological polar surface area (TPSA) is 78.4 Å². The maximum absolute atomic E-state index is 12.4. The predicted molar refractivity (Wildman–Crippen MR) is 83.7 cm³/mol. The molecule has 5 nitrogen and oxygen atoms in total. The molecule has 0 saturated carbocycles. The van der Waals surface area contributed by atoms with Gasteiger partial charge in [-0.2, -0.15) is 0 Å². The molecule has 0 fully saturated rings. The molecule has 1 aliphatic rings. The molecule has 6 heteroatoms. The molecule has 0 bridgehead atoms. The molecule has 1 aliphatic heterocycles. The Kier molecular flexibility index (Phi) is 4.90. The summed E-state index contributed by atoms with van der Waals surface area (Å²) in [5.41, 5.74) is 0.563. The number of amides is 2. The molecule has 0 saturated heterocycles. The minimum Gasteiger partial charge on any atom is -0.394 e. The third-order valence-electron chi connectivity index (χ3n) is 3.91. The Hall–Kier alpha value is -1.53. The maximum Gasteiger partial charge on any atom is 0.251 e. The third kappa shape index (κ3) is 3.39. The summed E-state index contributed by atoms with van der Waals surface area (Å²) >= 11 is 1.46. The highest BCUT2D eigenvalue weighted by Crippen LogP contribution is 2.32. The van der Waals surface area contributed by atoms with Gasteiger partial charge in [0, 0.05) is 10.5 Å². The van der Waals surface area contributed by atoms with Crippen LogP contribution in [0.5, 0.6) is 0 Å². The molecule has 1 aromatic carbocycles. The lowest BCUT2D eigenvalue weighted by Crippen LogP contribution is -2.50. The second-order valence-corrected chi connectivity index (χ2v) is 6.16. The third-order valence-corrected chi connectivity index (χ3v) is 4.98. The highest BCUT2D eigenvalue weighted by molar-refractivity contribution is 8.00. The first-order valence-electron chi connectivity index (χ1n) is 7.03. The average molecular weight is 308 g/mol. The van der Waals surface area contributed by atoms with Gasteiger partial charge in [0.1, 0.15) is 0 Å². The monoisotopic (exact) mass is 308 g/mol. The van der Waals surface area contributed by atoms with Crippen LogP contribution in [-0.2, 0) is 4.79 Å². The second kappa shape index (κ2) is 6.49. The van der Waals surface area contributed by atoms with E-state index < -0.39 is 5.54 Å². The van der Waals surface area contributed by atoms with Crippen molar-refractivity contribution in [2.24, 2.45) is 0 Å². The molecule has 114 valence electrons. The van der Waals surface area contributed by atoms with Gasteiger partial charge in [-0.25, -0.2) is 0 Å². The molecule has 0 aliphatic carbocycles. The molecule has 0 atom stereocenters. The Bertz CT molecular complexity index is 548. The van der Waals surface area contributed by atoms with Crippen LogP contribution in [0.3, 0.4) is 0 Å². The van der Waals surface area contributed by atoms with Crippen LogP contribution < -0.4 is 10.6 Å². The second-order valence-electron chi connectivity index (χ2n) is 5.15. The smallest absolute Gasteiger partial charge is 0.251 e. The number of thioether (sulfide) groups is 1. The van der Waals surface area contributed by atoms with E-state index in [0.29, 0.717) is 29.8 Å². The van der Waals surface area contributed by atoms with Gasteiger partial charge in [0.15, 0.2) is 0 Å². The fraction of sp³-hybridized carbons (Fsp3) is 0.467. The van der Waals surface area contributed by atoms with E-state index in [1.165, 1.54) is 11.8 Å². The number of rotatable bonds is 5. The van der Waals surface area contributed by atoms with Crippen molar-refractivity contribution in [3.05, 3.63) is 23.8 Å². The van der Waals surface area contributed by atoms with Crippen molar-refractivity contribution in [2.75, 3.05) is 17.7 Å². The number of benzene rings is 1. The van der Waals surface area contributed by atoms with Crippen LogP contribution in [0.25, 0.3) is 0 Å². The molecule has 0 radical (unpaired) electrons. The van der Waals surface area contributed by atoms with E-state index in [2.05, 4.69) is 10.6 Å². The standard InChI is InChI=1S/C15H20N2O3S/c1-3-15(4-2,9-18)17-14(20)10-5-6-12-11(7-10)16-13(19)8-21-12/h5-7,18H,3-4,8-9H2,1-2H3,(H,16,19)(H,17,20). The highest BCUT2D eigenvalue weighted by atomic mass is 32.2. The minimum atomic E-state index is -0.592. The van der Waals surface area contributed by atoms with Crippen molar-refractivity contribution in [3.63, 3.8) is 0 Å². The first-order valence-corrected chi connectivity index (χ1v) is 8.02. The van der Waals surface area contributed by atoms with Crippen LogP contribution in [0.15, 0.2) is 23.1 Å². The van der Waals surface area contributed by atoms with Gasteiger partial charge in [-0.3, -0.25) is 9.59 Å². The van der Waals surface area contributed by atoms with Gasteiger partial charge in [-0.1, -0.05) is 13.8 Å². The maximum atomic E-state index is 12.4. The Labute approximate surface area is 128 Å². The number of hydrogen-bond donors (Lipinski definition) is 3. The van der Waals surface area contributed by atoms with Crippen molar-refractivity contribution >= 4 is 29.3 Å². The molecule has 21 heavy (non-hydrogen) atoms. The summed E-state index contributed by atoms with van der Waals surface area (Å²) in [7, 11) is 0. The quantitative estimate of drug-likeness (QED) is 0.777. The Morgan fingerprint density at radius 3 is 2.76 bits per heavy atom. The molecule has 1 aromatic rings. The normalized spacial score (nSPS) is 14.3. The zero-order chi connectivity index (χ0) is 15.5. The van der Waals surface area contributed by atoms with Gasteiger partial charge >= 0.3 is 0 Å². The first-order chi connectivity index (χ1) is 10.0. The Morgan fingerprint density at radius 2 is 2.14 bits per heavy atom. The number of aliphatic hydroxyl groups excluding tert-OH is 1. The number of hydrogen-bond acceptors (Lipinski definition) is 4. The van der Waals surface area contributed by atoms with Gasteiger partial charge < -0.3 is 15.7 Å². The summed E-state index contributed by atoms with van der Waals surface area (Å²) in [6.45, 7) is 3.77. The largest absolute Gasteiger partial charge is 0.394 e. The van der Waals surface area contributed by atoms with Gasteiger partial charge in [-0.15, -0.1) is 11.8 Å². The summed E-state index contributed by atoms with van der Waals surface area (Å²) in [5.74, 6) is 0.106. The minimum absolute atomic E-state index is 0.0584. The van der Waals surface area contributed by atoms with E-state index in [9.17, 15) is 14.7 Å². The Morgan fingerprint density at radius 1 is 1.43 bits per heavy atom. The van der Waals surface area contributed by atoms with Crippen molar-refractivity contribution in [1.82, 2.24) is 5.32 Å². The molecule has 2 amide bonds. The predicted octanol–water partition coefficient (Wildman–Crippen LogP) is 2.01. The first kappa shape index (κ1) is 15.9. The molecule has 0 aromatic heterocycles. The van der Waals surface area contributed by atoms with Crippen LogP contribution in [0.2, 0.25) is 0 Å². The van der Waals surface area contributed by atoms with Gasteiger partial charge in [-0.05, 0) is 31.0 Å². The number of anilines is 1. The van der Waals surface area contributed by atoms with Crippen LogP contribution in [0.4, 0.5) is 5.69 Å². The van der Waals surface area contributed by atoms with Crippen molar-refractivity contribution < 1.29 is 14.7 Å². The summed E-state index contributed by atoms with van der Waals surface area (Å²) in [6.07, 6.45) is 1.31. The van der Waals surface area contributed by atoms with E-state index in [0.717, 1.165) is 4.90 Å². The number of fused-ring (bicyclic) bond motifs is 1. The van der Waals surface area contributed by atoms with Crippen LogP contribution in [0.1, 0.15) is 37.0 Å². The van der Waals surface area contributed by atoms with Gasteiger partial charge in [0.25, 0.3) is 5.91 Å². The van der Waals surface area contributed by atoms with Crippen molar-refractivity contribution in [1.29, 1.82) is 0 Å². The molecule has 1 heterocycles. The molecule has 2 rings (SSSR count). The van der Waals surface area contributed by atoms with E-state index >= 15 is 0 Å². The van der Waals surface area contributed by atoms with E-state index in [1.54, 1.807) is 12.1 Å². The molecule has 3 N–H and O–H groups in total. The molecular weight excluding hydrogens is 288 g/mol. The lowest BCUT2D eigenvalue weighted by Gasteiger charge is -2.31. The number of nitrogens with one attached hydrogen (secondary N) is 2. The number of carbonyl (C=O) groups excluding carboxylic acids is 2. The number of carbonyl (C=O) groups is 2. The van der Waals surface area contributed by atoms with Gasteiger partial charge in [0.2, 0.25) is 5.91 Å².